The quantitative estimate of drug-likeness (QED) is 0.292. The van der Waals surface area contributed by atoms with E-state index in [0.717, 1.165) is 16.7 Å². The third kappa shape index (κ3) is 4.39. The number of hydrogen-bond acceptors (Lipinski definition) is 6. The zero-order chi connectivity index (χ0) is 27.0. The summed E-state index contributed by atoms with van der Waals surface area (Å²) < 4.78 is 3.19. The number of thiophene rings is 1. The molecule has 0 aliphatic carbocycles. The highest BCUT2D eigenvalue weighted by Gasteiger charge is 2.28. The number of fused-ring (bicyclic) bond motifs is 1. The highest BCUT2D eigenvalue weighted by atomic mass is 32.1. The fourth-order valence-corrected chi connectivity index (χ4v) is 5.58. The molecule has 0 fully saturated rings. The maximum absolute atomic E-state index is 13.8. The Labute approximate surface area is 222 Å². The number of ketones is 1. The highest BCUT2D eigenvalue weighted by Crippen LogP contribution is 2.33. The molecule has 192 valence electrons. The minimum absolute atomic E-state index is 0.133. The second-order valence-corrected chi connectivity index (χ2v) is 9.91. The summed E-state index contributed by atoms with van der Waals surface area (Å²) in [7, 11) is 1.57. The van der Waals surface area contributed by atoms with E-state index in [0.29, 0.717) is 27.5 Å². The summed E-state index contributed by atoms with van der Waals surface area (Å²) in [6.07, 6.45) is 0.736. The van der Waals surface area contributed by atoms with Crippen LogP contribution in [0.25, 0.3) is 15.9 Å². The number of carbonyl (C=O) groups excluding carboxylic acids is 2. The summed E-state index contributed by atoms with van der Waals surface area (Å²) in [5.74, 6) is -0.897. The lowest BCUT2D eigenvalue weighted by Crippen LogP contribution is -2.31. The average Bonchev–Trinajstić information content (AvgIpc) is 3.62. The summed E-state index contributed by atoms with van der Waals surface area (Å²) in [5, 5.41) is 19.4. The fraction of sp³-hybridized carbons (Fsp3) is 0.179. The third-order valence-electron chi connectivity index (χ3n) is 6.33. The maximum atomic E-state index is 13.8. The van der Waals surface area contributed by atoms with Crippen molar-refractivity contribution in [2.45, 2.75) is 26.8 Å². The first-order valence-electron chi connectivity index (χ1n) is 12.0. The summed E-state index contributed by atoms with van der Waals surface area (Å²) >= 11 is 1.45. The van der Waals surface area contributed by atoms with E-state index in [4.69, 9.17) is 0 Å². The van der Waals surface area contributed by atoms with Crippen LogP contribution in [-0.2, 0) is 17.8 Å². The molecule has 0 bridgehead atoms. The number of nitrogens with zero attached hydrogens (tertiary/aromatic N) is 5. The lowest BCUT2D eigenvalue weighted by Gasteiger charge is -2.19. The van der Waals surface area contributed by atoms with Crippen LogP contribution in [0.5, 0.6) is 0 Å². The molecule has 9 nitrogen and oxygen atoms in total. The molecule has 0 aliphatic rings. The van der Waals surface area contributed by atoms with Crippen LogP contribution in [0.1, 0.15) is 44.0 Å². The van der Waals surface area contributed by atoms with Crippen molar-refractivity contribution in [2.24, 2.45) is 0 Å². The van der Waals surface area contributed by atoms with Gasteiger partial charge in [0.25, 0.3) is 5.91 Å². The van der Waals surface area contributed by atoms with Crippen LogP contribution in [-0.4, -0.2) is 49.1 Å². The van der Waals surface area contributed by atoms with E-state index >= 15 is 0 Å². The summed E-state index contributed by atoms with van der Waals surface area (Å²) in [5.41, 5.74) is 1.92. The number of para-hydroxylation sites is 1. The fourth-order valence-electron chi connectivity index (χ4n) is 4.44. The topological polar surface area (TPSA) is 110 Å². The van der Waals surface area contributed by atoms with Gasteiger partial charge in [0.2, 0.25) is 5.95 Å². The molecule has 0 spiro atoms. The van der Waals surface area contributed by atoms with E-state index in [1.54, 1.807) is 48.9 Å². The summed E-state index contributed by atoms with van der Waals surface area (Å²) in [6.45, 7) is 3.41. The highest BCUT2D eigenvalue weighted by molar-refractivity contribution is 7.15. The van der Waals surface area contributed by atoms with E-state index in [-0.39, 0.29) is 24.0 Å². The molecular formula is C28H25N5O4S. The van der Waals surface area contributed by atoms with E-state index in [1.807, 2.05) is 43.3 Å². The van der Waals surface area contributed by atoms with Crippen molar-refractivity contribution in [1.82, 2.24) is 19.3 Å². The molecule has 1 amide bonds. The zero-order valence-corrected chi connectivity index (χ0v) is 21.9. The van der Waals surface area contributed by atoms with Gasteiger partial charge in [0, 0.05) is 28.4 Å². The molecule has 10 heteroatoms. The normalized spacial score (nSPS) is 11.1. The van der Waals surface area contributed by atoms with E-state index in [9.17, 15) is 19.5 Å². The van der Waals surface area contributed by atoms with Crippen molar-refractivity contribution in [1.29, 1.82) is 0 Å². The number of carboxylic acid groups (broad SMARTS) is 1. The van der Waals surface area contributed by atoms with Gasteiger partial charge in [0.1, 0.15) is 23.1 Å². The largest absolute Gasteiger partial charge is 0.480 e. The van der Waals surface area contributed by atoms with Gasteiger partial charge in [-0.05, 0) is 31.5 Å². The van der Waals surface area contributed by atoms with Gasteiger partial charge in [0.15, 0.2) is 5.78 Å². The second kappa shape index (κ2) is 10.1. The van der Waals surface area contributed by atoms with E-state index in [2.05, 4.69) is 10.2 Å². The number of carboxylic acids is 1. The van der Waals surface area contributed by atoms with Gasteiger partial charge in [-0.2, -0.15) is 0 Å². The smallest absolute Gasteiger partial charge is 0.323 e. The first kappa shape index (κ1) is 25.1. The predicted molar refractivity (Wildman–Crippen MR) is 146 cm³/mol. The molecule has 5 rings (SSSR count). The molecule has 0 saturated carbocycles. The SMILES string of the molecule is CCc1cc(C(=O)c2ccccc2)c(-n2c(C)nnc2N(C)C(=O)c2cc3ccccc3n2CC(=O)O)s1. The Balaban J connectivity index is 1.61. The standard InChI is InChI=1S/C28H25N5O4S/c1-4-20-15-21(25(36)18-10-6-5-7-11-18)27(38-20)33-17(2)29-30-28(33)31(3)26(37)23-14-19-12-8-9-13-22(19)32(23)16-24(34)35/h5-15H,4,16H2,1-3H3,(H,34,35). The van der Waals surface area contributed by atoms with Gasteiger partial charge in [-0.15, -0.1) is 21.5 Å². The number of hydrogen-bond donors (Lipinski definition) is 1. The number of carbonyl (C=O) groups is 3. The molecular weight excluding hydrogens is 502 g/mol. The first-order chi connectivity index (χ1) is 18.3. The van der Waals surface area contributed by atoms with Crippen molar-refractivity contribution in [2.75, 3.05) is 11.9 Å². The number of benzene rings is 2. The Kier molecular flexibility index (Phi) is 6.64. The van der Waals surface area contributed by atoms with Gasteiger partial charge < -0.3 is 9.67 Å². The van der Waals surface area contributed by atoms with E-state index in [1.165, 1.54) is 20.8 Å². The summed E-state index contributed by atoms with van der Waals surface area (Å²) in [4.78, 5) is 41.2. The molecule has 3 aromatic heterocycles. The van der Waals surface area contributed by atoms with Crippen molar-refractivity contribution in [3.05, 3.63) is 94.3 Å². The van der Waals surface area contributed by atoms with Gasteiger partial charge in [-0.3, -0.25) is 23.9 Å². The summed E-state index contributed by atoms with van der Waals surface area (Å²) in [6, 6.07) is 19.8. The van der Waals surface area contributed by atoms with Crippen LogP contribution in [0.15, 0.2) is 66.7 Å². The number of aliphatic carboxylic acids is 1. The number of amides is 1. The first-order valence-corrected chi connectivity index (χ1v) is 12.8. The van der Waals surface area contributed by atoms with E-state index < -0.39 is 11.9 Å². The van der Waals surface area contributed by atoms with Crippen molar-refractivity contribution >= 4 is 45.8 Å². The molecule has 0 radical (unpaired) electrons. The molecule has 1 N–H and O–H groups in total. The monoisotopic (exact) mass is 527 g/mol. The van der Waals surface area contributed by atoms with Crippen LogP contribution in [0.3, 0.4) is 0 Å². The minimum atomic E-state index is -1.06. The van der Waals surface area contributed by atoms with Gasteiger partial charge in [-0.1, -0.05) is 55.5 Å². The molecule has 0 saturated heterocycles. The van der Waals surface area contributed by atoms with Gasteiger partial charge >= 0.3 is 5.97 Å². The maximum Gasteiger partial charge on any atom is 0.323 e. The van der Waals surface area contributed by atoms with Crippen molar-refractivity contribution < 1.29 is 19.5 Å². The molecule has 0 aliphatic heterocycles. The van der Waals surface area contributed by atoms with Crippen molar-refractivity contribution in [3.8, 4) is 5.00 Å². The van der Waals surface area contributed by atoms with Gasteiger partial charge in [-0.25, -0.2) is 0 Å². The molecule has 5 aromatic rings. The molecule has 0 unspecified atom stereocenters. The molecule has 38 heavy (non-hydrogen) atoms. The van der Waals surface area contributed by atoms with Crippen LogP contribution < -0.4 is 4.90 Å². The molecule has 3 heterocycles. The van der Waals surface area contributed by atoms with Crippen LogP contribution in [0, 0.1) is 6.92 Å². The third-order valence-corrected chi connectivity index (χ3v) is 7.60. The Hall–Kier alpha value is -4.57. The Morgan fingerprint density at radius 2 is 1.71 bits per heavy atom. The Morgan fingerprint density at radius 3 is 2.42 bits per heavy atom. The second-order valence-electron chi connectivity index (χ2n) is 8.80. The molecule has 0 atom stereocenters. The lowest BCUT2D eigenvalue weighted by molar-refractivity contribution is -0.137. The van der Waals surface area contributed by atoms with Crippen molar-refractivity contribution in [3.63, 3.8) is 0 Å². The predicted octanol–water partition coefficient (Wildman–Crippen LogP) is 4.75. The number of aryl methyl sites for hydroxylation is 2. The number of rotatable bonds is 8. The van der Waals surface area contributed by atoms with Gasteiger partial charge in [0.05, 0.1) is 5.56 Å². The lowest BCUT2D eigenvalue weighted by atomic mass is 10.0. The van der Waals surface area contributed by atoms with Crippen LogP contribution >= 0.6 is 11.3 Å². The van der Waals surface area contributed by atoms with Crippen LogP contribution in [0.2, 0.25) is 0 Å². The number of anilines is 1. The number of aromatic nitrogens is 4. The minimum Gasteiger partial charge on any atom is -0.480 e. The molecule has 2 aromatic carbocycles. The Bertz CT molecular complexity index is 1680. The zero-order valence-electron chi connectivity index (χ0n) is 21.1. The van der Waals surface area contributed by atoms with Crippen LogP contribution in [0.4, 0.5) is 5.95 Å². The Morgan fingerprint density at radius 1 is 1.00 bits per heavy atom. The average molecular weight is 528 g/mol.